The maximum absolute atomic E-state index is 12.9. The summed E-state index contributed by atoms with van der Waals surface area (Å²) in [4.78, 5) is 15.2. The monoisotopic (exact) mass is 327 g/mol. The van der Waals surface area contributed by atoms with Gasteiger partial charge >= 0.3 is 0 Å². The van der Waals surface area contributed by atoms with E-state index in [2.05, 4.69) is 25.9 Å². The van der Waals surface area contributed by atoms with Crippen LogP contribution in [0.25, 0.3) is 0 Å². The summed E-state index contributed by atoms with van der Waals surface area (Å²) < 4.78 is 2.57. The van der Waals surface area contributed by atoms with E-state index < -0.39 is 5.54 Å². The third kappa shape index (κ3) is 2.77. The number of halogens is 1. The SMILES string of the molecule is CCn1ncc(Br)c1C(=O)C(C)(C)N1CCCCC1. The van der Waals surface area contributed by atoms with Crippen LogP contribution in [0.1, 0.15) is 50.5 Å². The molecule has 19 heavy (non-hydrogen) atoms. The highest BCUT2D eigenvalue weighted by Crippen LogP contribution is 2.27. The number of carbonyl (C=O) groups excluding carboxylic acids is 1. The summed E-state index contributed by atoms with van der Waals surface area (Å²) in [6, 6.07) is 0. The molecule has 1 aromatic rings. The van der Waals surface area contributed by atoms with E-state index in [0.717, 1.165) is 17.6 Å². The largest absolute Gasteiger partial charge is 0.291 e. The van der Waals surface area contributed by atoms with Gasteiger partial charge in [0, 0.05) is 6.54 Å². The fourth-order valence-corrected chi connectivity index (χ4v) is 3.19. The van der Waals surface area contributed by atoms with Crippen LogP contribution in [0, 0.1) is 0 Å². The van der Waals surface area contributed by atoms with Gasteiger partial charge in [-0.1, -0.05) is 6.42 Å². The number of aryl methyl sites for hydroxylation is 1. The zero-order valence-electron chi connectivity index (χ0n) is 11.9. The zero-order chi connectivity index (χ0) is 14.0. The minimum absolute atomic E-state index is 0.153. The average molecular weight is 328 g/mol. The lowest BCUT2D eigenvalue weighted by Gasteiger charge is -2.39. The molecular formula is C14H22BrN3O. The van der Waals surface area contributed by atoms with E-state index in [1.54, 1.807) is 10.9 Å². The number of likely N-dealkylation sites (tertiary alicyclic amines) is 1. The number of hydrogen-bond donors (Lipinski definition) is 0. The molecule has 0 atom stereocenters. The third-order valence-corrected chi connectivity index (χ3v) is 4.59. The quantitative estimate of drug-likeness (QED) is 0.797. The molecule has 0 aliphatic carbocycles. The highest BCUT2D eigenvalue weighted by atomic mass is 79.9. The van der Waals surface area contributed by atoms with Crippen molar-refractivity contribution in [1.82, 2.24) is 14.7 Å². The number of aromatic nitrogens is 2. The van der Waals surface area contributed by atoms with Crippen LogP contribution in [-0.4, -0.2) is 39.1 Å². The Morgan fingerprint density at radius 2 is 2.00 bits per heavy atom. The number of nitrogens with zero attached hydrogens (tertiary/aromatic N) is 3. The van der Waals surface area contributed by atoms with E-state index in [-0.39, 0.29) is 5.78 Å². The van der Waals surface area contributed by atoms with Gasteiger partial charge in [-0.15, -0.1) is 0 Å². The number of hydrogen-bond acceptors (Lipinski definition) is 3. The van der Waals surface area contributed by atoms with Crippen molar-refractivity contribution in [3.63, 3.8) is 0 Å². The molecule has 1 aliphatic rings. The summed E-state index contributed by atoms with van der Waals surface area (Å²) in [6.07, 6.45) is 5.36. The van der Waals surface area contributed by atoms with Crippen molar-refractivity contribution in [1.29, 1.82) is 0 Å². The number of ketones is 1. The van der Waals surface area contributed by atoms with Crippen molar-refractivity contribution < 1.29 is 4.79 Å². The standard InChI is InChI=1S/C14H22BrN3O/c1-4-18-12(11(15)10-16-18)13(19)14(2,3)17-8-6-5-7-9-17/h10H,4-9H2,1-3H3. The van der Waals surface area contributed by atoms with Gasteiger partial charge in [0.25, 0.3) is 0 Å². The second-order valence-corrected chi connectivity index (χ2v) is 6.45. The van der Waals surface area contributed by atoms with E-state index >= 15 is 0 Å². The van der Waals surface area contributed by atoms with Crippen LogP contribution in [-0.2, 0) is 6.54 Å². The van der Waals surface area contributed by atoms with Crippen LogP contribution in [0.4, 0.5) is 0 Å². The van der Waals surface area contributed by atoms with Crippen LogP contribution in [0.2, 0.25) is 0 Å². The molecule has 0 N–H and O–H groups in total. The average Bonchev–Trinajstić information content (AvgIpc) is 2.79. The summed E-state index contributed by atoms with van der Waals surface area (Å²) in [5.41, 5.74) is 0.230. The molecule has 0 aromatic carbocycles. The van der Waals surface area contributed by atoms with Crippen molar-refractivity contribution in [3.05, 3.63) is 16.4 Å². The predicted octanol–water partition coefficient (Wildman–Crippen LogP) is 3.11. The van der Waals surface area contributed by atoms with Gasteiger partial charge in [0.15, 0.2) is 0 Å². The molecule has 1 fully saturated rings. The van der Waals surface area contributed by atoms with Gasteiger partial charge in [-0.3, -0.25) is 14.4 Å². The smallest absolute Gasteiger partial charge is 0.201 e. The van der Waals surface area contributed by atoms with Crippen LogP contribution < -0.4 is 0 Å². The first-order valence-electron chi connectivity index (χ1n) is 6.99. The molecule has 4 nitrogen and oxygen atoms in total. The molecule has 5 heteroatoms. The molecule has 1 aromatic heterocycles. The van der Waals surface area contributed by atoms with Crippen LogP contribution in [0.15, 0.2) is 10.7 Å². The zero-order valence-corrected chi connectivity index (χ0v) is 13.5. The number of carbonyl (C=O) groups is 1. The molecule has 106 valence electrons. The third-order valence-electron chi connectivity index (χ3n) is 4.01. The molecule has 1 aliphatic heterocycles. The molecule has 0 amide bonds. The maximum Gasteiger partial charge on any atom is 0.201 e. The number of piperidine rings is 1. The number of rotatable bonds is 4. The molecule has 0 unspecified atom stereocenters. The van der Waals surface area contributed by atoms with Crippen LogP contribution in [0.3, 0.4) is 0 Å². The molecule has 0 saturated carbocycles. The maximum atomic E-state index is 12.9. The number of Topliss-reactive ketones (excluding diaryl/α,β-unsaturated/α-hetero) is 1. The Hall–Kier alpha value is -0.680. The summed E-state index contributed by atoms with van der Waals surface area (Å²) >= 11 is 3.45. The predicted molar refractivity (Wildman–Crippen MR) is 79.4 cm³/mol. The van der Waals surface area contributed by atoms with Gasteiger partial charge in [0.05, 0.1) is 16.2 Å². The van der Waals surface area contributed by atoms with Crippen LogP contribution >= 0.6 is 15.9 Å². The molecule has 2 rings (SSSR count). The van der Waals surface area contributed by atoms with Gasteiger partial charge in [0.1, 0.15) is 5.69 Å². The van der Waals surface area contributed by atoms with E-state index in [1.807, 2.05) is 20.8 Å². The lowest BCUT2D eigenvalue weighted by atomic mass is 9.92. The minimum Gasteiger partial charge on any atom is -0.291 e. The molecule has 0 radical (unpaired) electrons. The van der Waals surface area contributed by atoms with Crippen LogP contribution in [0.5, 0.6) is 0 Å². The topological polar surface area (TPSA) is 38.1 Å². The summed E-state index contributed by atoms with van der Waals surface area (Å²) in [7, 11) is 0. The second-order valence-electron chi connectivity index (χ2n) is 5.59. The second kappa shape index (κ2) is 5.75. The molecule has 1 saturated heterocycles. The van der Waals surface area contributed by atoms with Crippen molar-refractivity contribution in [2.24, 2.45) is 0 Å². The first-order valence-corrected chi connectivity index (χ1v) is 7.79. The molecule has 0 spiro atoms. The normalized spacial score (nSPS) is 17.7. The molecule has 2 heterocycles. The van der Waals surface area contributed by atoms with Gasteiger partial charge in [-0.25, -0.2) is 0 Å². The Labute approximate surface area is 123 Å². The lowest BCUT2D eigenvalue weighted by molar-refractivity contribution is 0.0567. The fourth-order valence-electron chi connectivity index (χ4n) is 2.71. The van der Waals surface area contributed by atoms with Gasteiger partial charge in [-0.2, -0.15) is 5.10 Å². The Balaban J connectivity index is 2.28. The van der Waals surface area contributed by atoms with Gasteiger partial charge in [0.2, 0.25) is 5.78 Å². The first kappa shape index (κ1) is 14.7. The van der Waals surface area contributed by atoms with Crippen molar-refractivity contribution in [3.8, 4) is 0 Å². The lowest BCUT2D eigenvalue weighted by Crippen LogP contribution is -2.52. The molecular weight excluding hydrogens is 306 g/mol. The van der Waals surface area contributed by atoms with Gasteiger partial charge in [-0.05, 0) is 62.6 Å². The highest BCUT2D eigenvalue weighted by Gasteiger charge is 2.38. The van der Waals surface area contributed by atoms with E-state index in [1.165, 1.54) is 19.3 Å². The van der Waals surface area contributed by atoms with Crippen molar-refractivity contribution in [2.75, 3.05) is 13.1 Å². The summed E-state index contributed by atoms with van der Waals surface area (Å²) in [5, 5.41) is 4.24. The fraction of sp³-hybridized carbons (Fsp3) is 0.714. The molecule has 0 bridgehead atoms. The van der Waals surface area contributed by atoms with E-state index in [0.29, 0.717) is 12.2 Å². The minimum atomic E-state index is -0.462. The van der Waals surface area contributed by atoms with E-state index in [9.17, 15) is 4.79 Å². The first-order chi connectivity index (χ1) is 8.98. The van der Waals surface area contributed by atoms with Crippen molar-refractivity contribution in [2.45, 2.75) is 52.1 Å². The summed E-state index contributed by atoms with van der Waals surface area (Å²) in [6.45, 7) is 8.79. The Morgan fingerprint density at radius 3 is 2.58 bits per heavy atom. The Bertz CT molecular complexity index is 461. The Kier molecular flexibility index (Phi) is 4.46. The highest BCUT2D eigenvalue weighted by molar-refractivity contribution is 9.10. The van der Waals surface area contributed by atoms with E-state index in [4.69, 9.17) is 0 Å². The Morgan fingerprint density at radius 1 is 1.37 bits per heavy atom. The van der Waals surface area contributed by atoms with Crippen molar-refractivity contribution >= 4 is 21.7 Å². The van der Waals surface area contributed by atoms with Gasteiger partial charge < -0.3 is 0 Å². The summed E-state index contributed by atoms with van der Waals surface area (Å²) in [5.74, 6) is 0.153.